The molecular weight excluding hydrogens is 368 g/mol. The summed E-state index contributed by atoms with van der Waals surface area (Å²) in [5.74, 6) is 0.214. The third-order valence-corrected chi connectivity index (χ3v) is 5.44. The van der Waals surface area contributed by atoms with Crippen molar-refractivity contribution in [3.8, 4) is 5.75 Å². The lowest BCUT2D eigenvalue weighted by atomic mass is 9.84. The molecule has 1 amide bonds. The minimum Gasteiger partial charge on any atom is -0.480 e. The van der Waals surface area contributed by atoms with E-state index < -0.39 is 11.6 Å². The van der Waals surface area contributed by atoms with Crippen LogP contribution in [0.4, 0.5) is 0 Å². The lowest BCUT2D eigenvalue weighted by molar-refractivity contribution is -0.141. The molecule has 3 rings (SSSR count). The van der Waals surface area contributed by atoms with Crippen LogP contribution in [0.5, 0.6) is 5.75 Å². The van der Waals surface area contributed by atoms with Crippen LogP contribution in [-0.2, 0) is 9.59 Å². The molecule has 2 aliphatic rings. The Morgan fingerprint density at radius 3 is 2.63 bits per heavy atom. The van der Waals surface area contributed by atoms with Crippen molar-refractivity contribution in [2.75, 3.05) is 13.1 Å². The van der Waals surface area contributed by atoms with E-state index in [0.29, 0.717) is 16.7 Å². The Balaban J connectivity index is 1.49. The zero-order valence-electron chi connectivity index (χ0n) is 15.8. The van der Waals surface area contributed by atoms with Gasteiger partial charge in [-0.25, -0.2) is 0 Å². The maximum atomic E-state index is 12.6. The molecule has 2 saturated carbocycles. The fourth-order valence-corrected chi connectivity index (χ4v) is 3.56. The summed E-state index contributed by atoms with van der Waals surface area (Å²) >= 11 is 5.96. The van der Waals surface area contributed by atoms with Crippen molar-refractivity contribution in [2.24, 2.45) is 5.92 Å². The summed E-state index contributed by atoms with van der Waals surface area (Å²) in [5.41, 5.74) is -1.02. The minimum atomic E-state index is -1.02. The van der Waals surface area contributed by atoms with Gasteiger partial charge in [0, 0.05) is 23.7 Å². The number of benzene rings is 1. The van der Waals surface area contributed by atoms with Crippen LogP contribution < -0.4 is 10.1 Å². The van der Waals surface area contributed by atoms with E-state index in [-0.39, 0.29) is 24.5 Å². The molecule has 6 nitrogen and oxygen atoms in total. The lowest BCUT2D eigenvalue weighted by Crippen LogP contribution is -2.58. The van der Waals surface area contributed by atoms with Gasteiger partial charge in [-0.05, 0) is 63.6 Å². The average Bonchev–Trinajstić information content (AvgIpc) is 3.32. The highest BCUT2D eigenvalue weighted by Crippen LogP contribution is 2.34. The number of aliphatic carboxylic acids is 1. The van der Waals surface area contributed by atoms with E-state index in [4.69, 9.17) is 21.4 Å². The predicted octanol–water partition coefficient (Wildman–Crippen LogP) is 2.94. The maximum Gasteiger partial charge on any atom is 0.317 e. The molecule has 0 atom stereocenters. The highest BCUT2D eigenvalue weighted by atomic mass is 35.5. The summed E-state index contributed by atoms with van der Waals surface area (Å²) in [5, 5.41) is 12.7. The number of halogens is 1. The van der Waals surface area contributed by atoms with Crippen LogP contribution >= 0.6 is 11.6 Å². The number of amides is 1. The molecule has 148 valence electrons. The Labute approximate surface area is 164 Å². The lowest BCUT2D eigenvalue weighted by Gasteiger charge is -2.43. The van der Waals surface area contributed by atoms with E-state index in [1.807, 2.05) is 0 Å². The SMILES string of the molecule is CC(C)(Oc1cccc(Cl)c1)C(=O)NC1CC(N(CC(=O)O)CC2CC2)C1. The molecule has 7 heteroatoms. The van der Waals surface area contributed by atoms with Gasteiger partial charge in [0.1, 0.15) is 5.75 Å². The Bertz CT molecular complexity index is 699. The Morgan fingerprint density at radius 2 is 2.04 bits per heavy atom. The molecule has 0 heterocycles. The van der Waals surface area contributed by atoms with Crippen molar-refractivity contribution in [1.29, 1.82) is 0 Å². The molecule has 2 aliphatic carbocycles. The molecule has 2 fully saturated rings. The molecule has 1 aromatic carbocycles. The highest BCUT2D eigenvalue weighted by Gasteiger charge is 2.40. The van der Waals surface area contributed by atoms with Gasteiger partial charge < -0.3 is 15.2 Å². The molecule has 27 heavy (non-hydrogen) atoms. The van der Waals surface area contributed by atoms with Crippen LogP contribution in [0.15, 0.2) is 24.3 Å². The van der Waals surface area contributed by atoms with Crippen molar-refractivity contribution in [2.45, 2.75) is 57.2 Å². The monoisotopic (exact) mass is 394 g/mol. The summed E-state index contributed by atoms with van der Waals surface area (Å²) in [4.78, 5) is 25.8. The normalized spacial score (nSPS) is 22.2. The summed E-state index contributed by atoms with van der Waals surface area (Å²) in [6.07, 6.45) is 3.94. The molecule has 1 aromatic rings. The largest absolute Gasteiger partial charge is 0.480 e. The average molecular weight is 395 g/mol. The maximum absolute atomic E-state index is 12.6. The number of nitrogens with zero attached hydrogens (tertiary/aromatic N) is 1. The van der Waals surface area contributed by atoms with Gasteiger partial charge in [-0.2, -0.15) is 0 Å². The highest BCUT2D eigenvalue weighted by molar-refractivity contribution is 6.30. The molecule has 0 saturated heterocycles. The summed E-state index contributed by atoms with van der Waals surface area (Å²) in [6, 6.07) is 7.25. The molecule has 0 radical (unpaired) electrons. The first-order valence-electron chi connectivity index (χ1n) is 9.44. The summed E-state index contributed by atoms with van der Waals surface area (Å²) in [7, 11) is 0. The Morgan fingerprint density at radius 1 is 1.33 bits per heavy atom. The molecular formula is C20H27ClN2O4. The van der Waals surface area contributed by atoms with Gasteiger partial charge in [0.15, 0.2) is 5.60 Å². The van der Waals surface area contributed by atoms with E-state index in [1.54, 1.807) is 38.1 Å². The van der Waals surface area contributed by atoms with Gasteiger partial charge in [0.05, 0.1) is 6.54 Å². The summed E-state index contributed by atoms with van der Waals surface area (Å²) in [6.45, 7) is 4.37. The quantitative estimate of drug-likeness (QED) is 0.673. The van der Waals surface area contributed by atoms with Crippen molar-refractivity contribution in [1.82, 2.24) is 10.2 Å². The molecule has 0 aromatic heterocycles. The van der Waals surface area contributed by atoms with Crippen LogP contribution in [0.3, 0.4) is 0 Å². The first-order chi connectivity index (χ1) is 12.7. The van der Waals surface area contributed by atoms with Crippen molar-refractivity contribution < 1.29 is 19.4 Å². The van der Waals surface area contributed by atoms with Gasteiger partial charge in [-0.1, -0.05) is 17.7 Å². The first-order valence-corrected chi connectivity index (χ1v) is 9.82. The van der Waals surface area contributed by atoms with Crippen molar-refractivity contribution >= 4 is 23.5 Å². The Hall–Kier alpha value is -1.79. The zero-order chi connectivity index (χ0) is 19.6. The van der Waals surface area contributed by atoms with Crippen molar-refractivity contribution in [3.63, 3.8) is 0 Å². The van der Waals surface area contributed by atoms with Crippen LogP contribution in [0.25, 0.3) is 0 Å². The van der Waals surface area contributed by atoms with Crippen molar-refractivity contribution in [3.05, 3.63) is 29.3 Å². The van der Waals surface area contributed by atoms with Crippen LogP contribution in [0, 0.1) is 5.92 Å². The summed E-state index contributed by atoms with van der Waals surface area (Å²) < 4.78 is 5.82. The smallest absolute Gasteiger partial charge is 0.317 e. The molecule has 0 spiro atoms. The number of ether oxygens (including phenoxy) is 1. The second-order valence-corrected chi connectivity index (χ2v) is 8.57. The Kier molecular flexibility index (Phi) is 5.96. The third kappa shape index (κ3) is 5.59. The van der Waals surface area contributed by atoms with Gasteiger partial charge in [0.25, 0.3) is 5.91 Å². The first kappa shape index (κ1) is 20.0. The predicted molar refractivity (Wildman–Crippen MR) is 103 cm³/mol. The zero-order valence-corrected chi connectivity index (χ0v) is 16.5. The second kappa shape index (κ2) is 8.07. The fraction of sp³-hybridized carbons (Fsp3) is 0.600. The van der Waals surface area contributed by atoms with E-state index in [1.165, 1.54) is 12.8 Å². The molecule has 0 unspecified atom stereocenters. The number of hydrogen-bond donors (Lipinski definition) is 2. The number of carboxylic acid groups (broad SMARTS) is 1. The van der Waals surface area contributed by atoms with Crippen LogP contribution in [0.1, 0.15) is 39.5 Å². The minimum absolute atomic E-state index is 0.0558. The van der Waals surface area contributed by atoms with E-state index in [9.17, 15) is 9.59 Å². The standard InChI is InChI=1S/C20H27ClN2O4/c1-20(2,27-17-5-3-4-14(21)8-17)19(26)22-15-9-16(10-15)23(12-18(24)25)11-13-6-7-13/h3-5,8,13,15-16H,6-7,9-12H2,1-2H3,(H,22,26)(H,24,25). The topological polar surface area (TPSA) is 78.9 Å². The number of nitrogens with one attached hydrogen (secondary N) is 1. The van der Waals surface area contributed by atoms with E-state index in [2.05, 4.69) is 10.2 Å². The molecule has 2 N–H and O–H groups in total. The number of rotatable bonds is 9. The van der Waals surface area contributed by atoms with Gasteiger partial charge in [-0.15, -0.1) is 0 Å². The van der Waals surface area contributed by atoms with Crippen LogP contribution in [-0.4, -0.2) is 52.7 Å². The van der Waals surface area contributed by atoms with E-state index in [0.717, 1.165) is 19.4 Å². The number of carboxylic acids is 1. The van der Waals surface area contributed by atoms with Gasteiger partial charge in [-0.3, -0.25) is 14.5 Å². The number of carbonyl (C=O) groups excluding carboxylic acids is 1. The number of hydrogen-bond acceptors (Lipinski definition) is 4. The molecule has 0 aliphatic heterocycles. The number of carbonyl (C=O) groups is 2. The van der Waals surface area contributed by atoms with Crippen LogP contribution in [0.2, 0.25) is 5.02 Å². The second-order valence-electron chi connectivity index (χ2n) is 8.13. The molecule has 0 bridgehead atoms. The third-order valence-electron chi connectivity index (χ3n) is 5.21. The van der Waals surface area contributed by atoms with E-state index >= 15 is 0 Å². The van der Waals surface area contributed by atoms with Gasteiger partial charge >= 0.3 is 5.97 Å². The fourth-order valence-electron chi connectivity index (χ4n) is 3.38. The van der Waals surface area contributed by atoms with Gasteiger partial charge in [0.2, 0.25) is 0 Å².